The summed E-state index contributed by atoms with van der Waals surface area (Å²) in [5.74, 6) is -0.355. The van der Waals surface area contributed by atoms with E-state index >= 15 is 0 Å². The van der Waals surface area contributed by atoms with Gasteiger partial charge in [0.05, 0.1) is 16.9 Å². The van der Waals surface area contributed by atoms with Crippen molar-refractivity contribution in [3.8, 4) is 0 Å². The first-order valence-corrected chi connectivity index (χ1v) is 8.35. The number of carbonyl (C=O) groups excluding carboxylic acids is 1. The predicted molar refractivity (Wildman–Crippen MR) is 75.7 cm³/mol. The Hall–Kier alpha value is -0.950. The maximum absolute atomic E-state index is 12.1. The molecule has 0 aromatic heterocycles. The summed E-state index contributed by atoms with van der Waals surface area (Å²) in [7, 11) is -3.57. The molecule has 1 aliphatic heterocycles. The maximum Gasteiger partial charge on any atom is 0.240 e. The summed E-state index contributed by atoms with van der Waals surface area (Å²) in [5, 5.41) is 0. The number of carbonyl (C=O) groups is 1. The average molecular weight is 318 g/mol. The fourth-order valence-electron chi connectivity index (χ4n) is 1.99. The third-order valence-electron chi connectivity index (χ3n) is 3.13. The molecule has 1 aromatic rings. The summed E-state index contributed by atoms with van der Waals surface area (Å²) in [5.41, 5.74) is 0.401. The Balaban J connectivity index is 2.03. The number of benzene rings is 1. The van der Waals surface area contributed by atoms with Crippen molar-refractivity contribution in [3.63, 3.8) is 0 Å². The Kier molecular flexibility index (Phi) is 5.15. The van der Waals surface area contributed by atoms with Crippen molar-refractivity contribution < 1.29 is 17.9 Å². The minimum atomic E-state index is -3.57. The van der Waals surface area contributed by atoms with E-state index in [-0.39, 0.29) is 29.2 Å². The molecular formula is C13H16ClNO4S. The number of rotatable bonds is 6. The van der Waals surface area contributed by atoms with Gasteiger partial charge < -0.3 is 4.74 Å². The largest absolute Gasteiger partial charge is 0.377 e. The third-order valence-corrected chi connectivity index (χ3v) is 4.82. The van der Waals surface area contributed by atoms with Crippen molar-refractivity contribution in [2.24, 2.45) is 0 Å². The molecule has 20 heavy (non-hydrogen) atoms. The lowest BCUT2D eigenvalue weighted by Gasteiger charge is -2.11. The standard InChI is InChI=1S/C13H16ClNO4S/c14-8-13(16)10-3-5-12(6-4-10)20(17,18)15-9-11-2-1-7-19-11/h3-6,11,15H,1-2,7-9H2. The number of sulfonamides is 1. The second-order valence-electron chi connectivity index (χ2n) is 4.57. The van der Waals surface area contributed by atoms with E-state index in [1.165, 1.54) is 24.3 Å². The Labute approximate surface area is 123 Å². The molecule has 1 heterocycles. The minimum Gasteiger partial charge on any atom is -0.377 e. The van der Waals surface area contributed by atoms with Crippen LogP contribution in [-0.4, -0.2) is 39.3 Å². The lowest BCUT2D eigenvalue weighted by Crippen LogP contribution is -2.31. The number of ketones is 1. The topological polar surface area (TPSA) is 72.5 Å². The monoisotopic (exact) mass is 317 g/mol. The number of halogens is 1. The van der Waals surface area contributed by atoms with Crippen LogP contribution in [-0.2, 0) is 14.8 Å². The van der Waals surface area contributed by atoms with Crippen molar-refractivity contribution in [2.75, 3.05) is 19.0 Å². The number of hydrogen-bond donors (Lipinski definition) is 1. The molecule has 0 bridgehead atoms. The zero-order valence-electron chi connectivity index (χ0n) is 10.8. The Bertz CT molecular complexity index is 565. The number of ether oxygens (including phenoxy) is 1. The van der Waals surface area contributed by atoms with Crippen LogP contribution in [0.4, 0.5) is 0 Å². The molecule has 1 unspecified atom stereocenters. The molecule has 0 spiro atoms. The summed E-state index contributed by atoms with van der Waals surface area (Å²) < 4.78 is 32.0. The number of hydrogen-bond acceptors (Lipinski definition) is 4. The molecule has 2 rings (SSSR count). The van der Waals surface area contributed by atoms with Crippen molar-refractivity contribution >= 4 is 27.4 Å². The molecule has 1 fully saturated rings. The molecular weight excluding hydrogens is 302 g/mol. The highest BCUT2D eigenvalue weighted by atomic mass is 35.5. The van der Waals surface area contributed by atoms with Gasteiger partial charge in [-0.05, 0) is 25.0 Å². The third kappa shape index (κ3) is 3.79. The van der Waals surface area contributed by atoms with Gasteiger partial charge in [0.2, 0.25) is 10.0 Å². The highest BCUT2D eigenvalue weighted by Crippen LogP contribution is 2.14. The van der Waals surface area contributed by atoms with Gasteiger partial charge in [-0.3, -0.25) is 4.79 Å². The summed E-state index contributed by atoms with van der Waals surface area (Å²) in [6.07, 6.45) is 1.77. The fraction of sp³-hybridized carbons (Fsp3) is 0.462. The number of nitrogens with one attached hydrogen (secondary N) is 1. The van der Waals surface area contributed by atoms with Gasteiger partial charge in [0.1, 0.15) is 0 Å². The highest BCUT2D eigenvalue weighted by Gasteiger charge is 2.20. The van der Waals surface area contributed by atoms with E-state index in [9.17, 15) is 13.2 Å². The first-order valence-electron chi connectivity index (χ1n) is 6.33. The van der Waals surface area contributed by atoms with Crippen molar-refractivity contribution in [1.29, 1.82) is 0 Å². The van der Waals surface area contributed by atoms with Gasteiger partial charge in [-0.25, -0.2) is 13.1 Å². The molecule has 0 amide bonds. The van der Waals surface area contributed by atoms with Crippen LogP contribution in [0, 0.1) is 0 Å². The van der Waals surface area contributed by atoms with Crippen LogP contribution >= 0.6 is 11.6 Å². The van der Waals surface area contributed by atoms with E-state index in [1.807, 2.05) is 0 Å². The molecule has 5 nitrogen and oxygen atoms in total. The minimum absolute atomic E-state index is 0.0538. The molecule has 1 atom stereocenters. The average Bonchev–Trinajstić information content (AvgIpc) is 2.98. The van der Waals surface area contributed by atoms with Gasteiger partial charge in [-0.2, -0.15) is 0 Å². The summed E-state index contributed by atoms with van der Waals surface area (Å²) in [6, 6.07) is 5.73. The lowest BCUT2D eigenvalue weighted by molar-refractivity contribution is 0.102. The van der Waals surface area contributed by atoms with E-state index in [4.69, 9.17) is 16.3 Å². The SMILES string of the molecule is O=C(CCl)c1ccc(S(=O)(=O)NCC2CCCO2)cc1. The zero-order valence-corrected chi connectivity index (χ0v) is 12.4. The molecule has 1 saturated heterocycles. The van der Waals surface area contributed by atoms with Crippen LogP contribution in [0.5, 0.6) is 0 Å². The van der Waals surface area contributed by atoms with Gasteiger partial charge in [0.15, 0.2) is 5.78 Å². The Morgan fingerprint density at radius 3 is 2.60 bits per heavy atom. The van der Waals surface area contributed by atoms with Crippen LogP contribution in [0.15, 0.2) is 29.2 Å². The molecule has 0 radical (unpaired) electrons. The maximum atomic E-state index is 12.1. The van der Waals surface area contributed by atoms with Crippen LogP contribution in [0.3, 0.4) is 0 Å². The van der Waals surface area contributed by atoms with Gasteiger partial charge in [0.25, 0.3) is 0 Å². The van der Waals surface area contributed by atoms with E-state index in [0.29, 0.717) is 12.2 Å². The quantitative estimate of drug-likeness (QED) is 0.638. The van der Waals surface area contributed by atoms with Crippen molar-refractivity contribution in [3.05, 3.63) is 29.8 Å². The van der Waals surface area contributed by atoms with Crippen LogP contribution in [0.1, 0.15) is 23.2 Å². The second-order valence-corrected chi connectivity index (χ2v) is 6.60. The summed E-state index contributed by atoms with van der Waals surface area (Å²) in [6.45, 7) is 0.951. The molecule has 110 valence electrons. The number of Topliss-reactive ketones (excluding diaryl/α,β-unsaturated/α-hetero) is 1. The summed E-state index contributed by atoms with van der Waals surface area (Å²) >= 11 is 5.44. The Morgan fingerprint density at radius 1 is 1.35 bits per heavy atom. The van der Waals surface area contributed by atoms with Crippen LogP contribution in [0.2, 0.25) is 0 Å². The number of alkyl halides is 1. The summed E-state index contributed by atoms with van der Waals surface area (Å²) in [4.78, 5) is 11.5. The van der Waals surface area contributed by atoms with Gasteiger partial charge in [-0.1, -0.05) is 12.1 Å². The second kappa shape index (κ2) is 6.67. The molecule has 1 aliphatic rings. The predicted octanol–water partition coefficient (Wildman–Crippen LogP) is 1.57. The molecule has 7 heteroatoms. The van der Waals surface area contributed by atoms with Crippen molar-refractivity contribution in [1.82, 2.24) is 4.72 Å². The first kappa shape index (κ1) is 15.4. The molecule has 1 aromatic carbocycles. The first-order chi connectivity index (χ1) is 9.53. The van der Waals surface area contributed by atoms with Gasteiger partial charge in [0, 0.05) is 18.7 Å². The van der Waals surface area contributed by atoms with Crippen LogP contribution in [0.25, 0.3) is 0 Å². The molecule has 0 aliphatic carbocycles. The van der Waals surface area contributed by atoms with Gasteiger partial charge in [-0.15, -0.1) is 11.6 Å². The van der Waals surface area contributed by atoms with E-state index < -0.39 is 10.0 Å². The van der Waals surface area contributed by atoms with Crippen LogP contribution < -0.4 is 4.72 Å². The normalized spacial score (nSPS) is 19.1. The zero-order chi connectivity index (χ0) is 14.6. The highest BCUT2D eigenvalue weighted by molar-refractivity contribution is 7.89. The van der Waals surface area contributed by atoms with E-state index in [1.54, 1.807) is 0 Å². The van der Waals surface area contributed by atoms with Crippen molar-refractivity contribution in [2.45, 2.75) is 23.8 Å². The fourth-order valence-corrected chi connectivity index (χ4v) is 3.21. The Morgan fingerprint density at radius 2 is 2.05 bits per heavy atom. The molecule has 1 N–H and O–H groups in total. The van der Waals surface area contributed by atoms with E-state index in [2.05, 4.69) is 4.72 Å². The molecule has 0 saturated carbocycles. The smallest absolute Gasteiger partial charge is 0.240 e. The van der Waals surface area contributed by atoms with Gasteiger partial charge >= 0.3 is 0 Å². The van der Waals surface area contributed by atoms with E-state index in [0.717, 1.165) is 12.8 Å². The lowest BCUT2D eigenvalue weighted by atomic mass is 10.1.